The highest BCUT2D eigenvalue weighted by atomic mass is 16.2. The number of nitrogens with zero attached hydrogens (tertiary/aromatic N) is 5. The zero-order valence-electron chi connectivity index (χ0n) is 15.6. The van der Waals surface area contributed by atoms with Gasteiger partial charge >= 0.3 is 0 Å². The molecule has 2 fully saturated rings. The maximum Gasteiger partial charge on any atom is 0.271 e. The van der Waals surface area contributed by atoms with Crippen LogP contribution < -0.4 is 0 Å². The molecule has 0 spiro atoms. The van der Waals surface area contributed by atoms with E-state index in [0.717, 1.165) is 48.8 Å². The van der Waals surface area contributed by atoms with E-state index in [0.29, 0.717) is 11.6 Å². The third-order valence-electron chi connectivity index (χ3n) is 6.00. The summed E-state index contributed by atoms with van der Waals surface area (Å²) in [6.45, 7) is 10.1. The van der Waals surface area contributed by atoms with Gasteiger partial charge in [-0.1, -0.05) is 6.92 Å². The van der Waals surface area contributed by atoms with E-state index in [1.807, 2.05) is 36.5 Å². The molecule has 2 saturated heterocycles. The second kappa shape index (κ2) is 5.42. The van der Waals surface area contributed by atoms with Gasteiger partial charge in [0.1, 0.15) is 5.69 Å². The summed E-state index contributed by atoms with van der Waals surface area (Å²) in [5.74, 6) is 0.614. The zero-order chi connectivity index (χ0) is 17.9. The van der Waals surface area contributed by atoms with E-state index in [4.69, 9.17) is 0 Å². The van der Waals surface area contributed by atoms with Gasteiger partial charge in [-0.3, -0.25) is 14.6 Å². The minimum absolute atomic E-state index is 0.0521. The number of hydrogen-bond donors (Lipinski definition) is 1. The van der Waals surface area contributed by atoms with Gasteiger partial charge in [0, 0.05) is 49.9 Å². The van der Waals surface area contributed by atoms with Gasteiger partial charge in [0.15, 0.2) is 0 Å². The molecule has 0 radical (unpaired) electrons. The average molecular weight is 342 g/mol. The van der Waals surface area contributed by atoms with Crippen molar-refractivity contribution in [2.24, 2.45) is 18.4 Å². The normalized spacial score (nSPS) is 26.4. The summed E-state index contributed by atoms with van der Waals surface area (Å²) >= 11 is 0. The van der Waals surface area contributed by atoms with Crippen LogP contribution in [0.25, 0.3) is 11.3 Å². The molecule has 0 saturated carbocycles. The van der Waals surface area contributed by atoms with Gasteiger partial charge in [-0.25, -0.2) is 0 Å². The fraction of sp³-hybridized carbons (Fsp3) is 0.611. The molecule has 2 aromatic heterocycles. The number of H-pyrrole nitrogens is 1. The first kappa shape index (κ1) is 16.3. The largest absolute Gasteiger partial charge is 0.336 e. The van der Waals surface area contributed by atoms with Crippen molar-refractivity contribution in [2.45, 2.75) is 20.8 Å². The van der Waals surface area contributed by atoms with Gasteiger partial charge in [-0.05, 0) is 32.9 Å². The number of fused-ring (bicyclic) bond motifs is 1. The molecule has 2 aliphatic rings. The van der Waals surface area contributed by atoms with Crippen LogP contribution in [-0.4, -0.2) is 68.9 Å². The van der Waals surface area contributed by atoms with Crippen LogP contribution in [0.2, 0.25) is 0 Å². The summed E-state index contributed by atoms with van der Waals surface area (Å²) in [4.78, 5) is 17.3. The Labute approximate surface area is 148 Å². The summed E-state index contributed by atoms with van der Waals surface area (Å²) in [5.41, 5.74) is 4.55. The number of aryl methyl sites for hydroxylation is 2. The van der Waals surface area contributed by atoms with E-state index in [1.54, 1.807) is 0 Å². The predicted molar refractivity (Wildman–Crippen MR) is 95.3 cm³/mol. The van der Waals surface area contributed by atoms with E-state index >= 15 is 0 Å². The number of hydrogen-bond acceptors (Lipinski definition) is 4. The van der Waals surface area contributed by atoms with Gasteiger partial charge in [-0.15, -0.1) is 0 Å². The quantitative estimate of drug-likeness (QED) is 0.897. The molecule has 0 aliphatic carbocycles. The molecule has 0 unspecified atom stereocenters. The first-order chi connectivity index (χ1) is 11.8. The molecule has 2 aliphatic heterocycles. The first-order valence-corrected chi connectivity index (χ1v) is 8.82. The Bertz CT molecular complexity index is 837. The van der Waals surface area contributed by atoms with E-state index in [2.05, 4.69) is 34.2 Å². The molecule has 7 heteroatoms. The molecular weight excluding hydrogens is 316 g/mol. The number of aromatic nitrogens is 4. The standard InChI is InChI=1S/C18H26N6O/c1-11-16(12(2)23(5)21-11)14-6-15(20-19-14)17(25)24-8-13-7-22(4)9-18(13,3)10-24/h6,13H,7-10H2,1-5H3,(H,19,20)/t13-,18+/m1/s1. The summed E-state index contributed by atoms with van der Waals surface area (Å²) in [7, 11) is 4.08. The highest BCUT2D eigenvalue weighted by Crippen LogP contribution is 2.41. The smallest absolute Gasteiger partial charge is 0.271 e. The van der Waals surface area contributed by atoms with Gasteiger partial charge < -0.3 is 9.80 Å². The number of carbonyl (C=O) groups is 1. The Morgan fingerprint density at radius 3 is 2.68 bits per heavy atom. The molecule has 2 atom stereocenters. The predicted octanol–water partition coefficient (Wildman–Crippen LogP) is 1.45. The number of amides is 1. The summed E-state index contributed by atoms with van der Waals surface area (Å²) in [6, 6.07) is 1.86. The summed E-state index contributed by atoms with van der Waals surface area (Å²) in [6.07, 6.45) is 0. The molecule has 2 aromatic rings. The Morgan fingerprint density at radius 2 is 2.04 bits per heavy atom. The van der Waals surface area contributed by atoms with Crippen LogP contribution in [0.4, 0.5) is 0 Å². The van der Waals surface area contributed by atoms with Crippen LogP contribution in [0.1, 0.15) is 28.8 Å². The number of nitrogens with one attached hydrogen (secondary N) is 1. The van der Waals surface area contributed by atoms with Crippen molar-refractivity contribution in [2.75, 3.05) is 33.2 Å². The van der Waals surface area contributed by atoms with Crippen molar-refractivity contribution >= 4 is 5.91 Å². The lowest BCUT2D eigenvalue weighted by atomic mass is 9.83. The fourth-order valence-electron chi connectivity index (χ4n) is 4.66. The zero-order valence-corrected chi connectivity index (χ0v) is 15.6. The van der Waals surface area contributed by atoms with Gasteiger partial charge in [0.25, 0.3) is 5.91 Å². The summed E-state index contributed by atoms with van der Waals surface area (Å²) in [5, 5.41) is 11.8. The highest BCUT2D eigenvalue weighted by Gasteiger charge is 2.49. The van der Waals surface area contributed by atoms with Crippen molar-refractivity contribution in [3.05, 3.63) is 23.1 Å². The van der Waals surface area contributed by atoms with E-state index in [-0.39, 0.29) is 11.3 Å². The van der Waals surface area contributed by atoms with Gasteiger partial charge in [0.05, 0.1) is 11.4 Å². The maximum absolute atomic E-state index is 12.9. The molecule has 25 heavy (non-hydrogen) atoms. The topological polar surface area (TPSA) is 70.1 Å². The molecule has 4 heterocycles. The van der Waals surface area contributed by atoms with Crippen LogP contribution in [-0.2, 0) is 7.05 Å². The number of carbonyl (C=O) groups excluding carboxylic acids is 1. The molecule has 134 valence electrons. The van der Waals surface area contributed by atoms with Crippen molar-refractivity contribution in [1.29, 1.82) is 0 Å². The molecule has 1 N–H and O–H groups in total. The monoisotopic (exact) mass is 342 g/mol. The van der Waals surface area contributed by atoms with Crippen LogP contribution in [0.5, 0.6) is 0 Å². The minimum Gasteiger partial charge on any atom is -0.336 e. The first-order valence-electron chi connectivity index (χ1n) is 8.82. The molecule has 1 amide bonds. The molecule has 4 rings (SSSR count). The average Bonchev–Trinajstić information content (AvgIpc) is 3.22. The van der Waals surface area contributed by atoms with Gasteiger partial charge in [0.2, 0.25) is 0 Å². The lowest BCUT2D eigenvalue weighted by molar-refractivity contribution is 0.0759. The van der Waals surface area contributed by atoms with Crippen LogP contribution in [0.3, 0.4) is 0 Å². The second-order valence-corrected chi connectivity index (χ2v) is 8.07. The maximum atomic E-state index is 12.9. The molecular formula is C18H26N6O. The van der Waals surface area contributed by atoms with Crippen molar-refractivity contribution in [1.82, 2.24) is 29.8 Å². The highest BCUT2D eigenvalue weighted by molar-refractivity contribution is 5.93. The summed E-state index contributed by atoms with van der Waals surface area (Å²) < 4.78 is 1.85. The Morgan fingerprint density at radius 1 is 1.28 bits per heavy atom. The Balaban J connectivity index is 1.56. The number of aromatic amines is 1. The third kappa shape index (κ3) is 2.49. The molecule has 7 nitrogen and oxygen atoms in total. The Kier molecular flexibility index (Phi) is 3.54. The molecule has 0 bridgehead atoms. The lowest BCUT2D eigenvalue weighted by Gasteiger charge is -2.23. The minimum atomic E-state index is 0.0521. The number of rotatable bonds is 2. The van der Waals surface area contributed by atoms with Crippen molar-refractivity contribution in [3.63, 3.8) is 0 Å². The third-order valence-corrected chi connectivity index (χ3v) is 6.00. The van der Waals surface area contributed by atoms with Crippen LogP contribution >= 0.6 is 0 Å². The fourth-order valence-corrected chi connectivity index (χ4v) is 4.66. The Hall–Kier alpha value is -2.15. The van der Waals surface area contributed by atoms with E-state index in [1.165, 1.54) is 0 Å². The van der Waals surface area contributed by atoms with E-state index in [9.17, 15) is 4.79 Å². The number of likely N-dealkylation sites (tertiary alicyclic amines) is 2. The lowest BCUT2D eigenvalue weighted by Crippen LogP contribution is -2.34. The van der Waals surface area contributed by atoms with Crippen molar-refractivity contribution in [3.8, 4) is 11.3 Å². The second-order valence-electron chi connectivity index (χ2n) is 8.07. The van der Waals surface area contributed by atoms with Crippen LogP contribution in [0, 0.1) is 25.2 Å². The van der Waals surface area contributed by atoms with Gasteiger partial charge in [-0.2, -0.15) is 10.2 Å². The SMILES string of the molecule is Cc1nn(C)c(C)c1-c1cc(C(=O)N2C[C@H]3CN(C)C[C@@]3(C)C2)[nH]n1. The van der Waals surface area contributed by atoms with Crippen molar-refractivity contribution < 1.29 is 4.79 Å². The molecule has 0 aromatic carbocycles. The van der Waals surface area contributed by atoms with E-state index < -0.39 is 0 Å². The van der Waals surface area contributed by atoms with Crippen LogP contribution in [0.15, 0.2) is 6.07 Å².